The lowest BCUT2D eigenvalue weighted by atomic mass is 10.1. The molecule has 0 radical (unpaired) electrons. The van der Waals surface area contributed by atoms with Crippen molar-refractivity contribution in [1.82, 2.24) is 15.5 Å². The first-order chi connectivity index (χ1) is 14.6. The predicted molar refractivity (Wildman–Crippen MR) is 115 cm³/mol. The molecule has 1 saturated heterocycles. The number of rotatable bonds is 8. The molecule has 0 saturated carbocycles. The second kappa shape index (κ2) is 10.5. The SMILES string of the molecule is COc1ccc(CCNC(=O)[C@@H]2CCCN2C(=O)NCc2ccccc2)cc1OC. The molecule has 1 aliphatic heterocycles. The molecule has 0 spiro atoms. The van der Waals surface area contributed by atoms with Crippen molar-refractivity contribution in [1.29, 1.82) is 0 Å². The fourth-order valence-electron chi connectivity index (χ4n) is 3.64. The standard InChI is InChI=1S/C23H29N3O4/c1-29-20-11-10-17(15-21(20)30-2)12-13-24-22(27)19-9-6-14-26(19)23(28)25-16-18-7-4-3-5-8-18/h3-5,7-8,10-11,15,19H,6,9,12-14,16H2,1-2H3,(H,24,27)(H,25,28)/t19-/m0/s1. The summed E-state index contributed by atoms with van der Waals surface area (Å²) < 4.78 is 10.6. The van der Waals surface area contributed by atoms with Gasteiger partial charge in [-0.2, -0.15) is 0 Å². The third-order valence-corrected chi connectivity index (χ3v) is 5.26. The number of hydrogen-bond acceptors (Lipinski definition) is 4. The van der Waals surface area contributed by atoms with Crippen LogP contribution in [0.25, 0.3) is 0 Å². The van der Waals surface area contributed by atoms with Gasteiger partial charge in [0.25, 0.3) is 0 Å². The molecule has 1 atom stereocenters. The van der Waals surface area contributed by atoms with Gasteiger partial charge in [-0.3, -0.25) is 4.79 Å². The topological polar surface area (TPSA) is 79.9 Å². The quantitative estimate of drug-likeness (QED) is 0.700. The molecule has 2 aromatic carbocycles. The number of hydrogen-bond donors (Lipinski definition) is 2. The third-order valence-electron chi connectivity index (χ3n) is 5.26. The Hall–Kier alpha value is -3.22. The van der Waals surface area contributed by atoms with Crippen LogP contribution in [0.3, 0.4) is 0 Å². The number of methoxy groups -OCH3 is 2. The lowest BCUT2D eigenvalue weighted by Crippen LogP contribution is -2.49. The van der Waals surface area contributed by atoms with Crippen molar-refractivity contribution in [2.75, 3.05) is 27.3 Å². The van der Waals surface area contributed by atoms with E-state index in [2.05, 4.69) is 10.6 Å². The Bertz CT molecular complexity index is 857. The van der Waals surface area contributed by atoms with Crippen LogP contribution in [0.1, 0.15) is 24.0 Å². The molecule has 0 bridgehead atoms. The Morgan fingerprint density at radius 2 is 1.77 bits per heavy atom. The van der Waals surface area contributed by atoms with Gasteiger partial charge in [-0.15, -0.1) is 0 Å². The highest BCUT2D eigenvalue weighted by molar-refractivity contribution is 5.87. The van der Waals surface area contributed by atoms with Crippen LogP contribution in [-0.4, -0.2) is 50.2 Å². The number of ether oxygens (including phenoxy) is 2. The number of amides is 3. The van der Waals surface area contributed by atoms with Crippen molar-refractivity contribution in [2.24, 2.45) is 0 Å². The molecule has 1 heterocycles. The van der Waals surface area contributed by atoms with Crippen LogP contribution in [0.5, 0.6) is 11.5 Å². The highest BCUT2D eigenvalue weighted by atomic mass is 16.5. The van der Waals surface area contributed by atoms with Gasteiger partial charge >= 0.3 is 6.03 Å². The zero-order valence-corrected chi connectivity index (χ0v) is 17.5. The number of carbonyl (C=O) groups is 2. The molecule has 3 amide bonds. The highest BCUT2D eigenvalue weighted by Gasteiger charge is 2.33. The molecule has 30 heavy (non-hydrogen) atoms. The Labute approximate surface area is 177 Å². The lowest BCUT2D eigenvalue weighted by Gasteiger charge is -2.24. The molecular weight excluding hydrogens is 382 g/mol. The van der Waals surface area contributed by atoms with Crippen molar-refractivity contribution in [3.8, 4) is 11.5 Å². The molecule has 160 valence electrons. The third kappa shape index (κ3) is 5.43. The second-order valence-corrected chi connectivity index (χ2v) is 7.23. The number of likely N-dealkylation sites (tertiary alicyclic amines) is 1. The number of nitrogens with zero attached hydrogens (tertiary/aromatic N) is 1. The van der Waals surface area contributed by atoms with Gasteiger partial charge in [0.1, 0.15) is 6.04 Å². The molecule has 2 N–H and O–H groups in total. The van der Waals surface area contributed by atoms with E-state index in [0.717, 1.165) is 17.5 Å². The minimum absolute atomic E-state index is 0.108. The van der Waals surface area contributed by atoms with Crippen molar-refractivity contribution in [2.45, 2.75) is 31.8 Å². The fourth-order valence-corrected chi connectivity index (χ4v) is 3.64. The maximum absolute atomic E-state index is 12.7. The van der Waals surface area contributed by atoms with Crippen molar-refractivity contribution < 1.29 is 19.1 Å². The van der Waals surface area contributed by atoms with E-state index >= 15 is 0 Å². The summed E-state index contributed by atoms with van der Waals surface area (Å²) in [5, 5.41) is 5.88. The zero-order valence-electron chi connectivity index (χ0n) is 17.5. The van der Waals surface area contributed by atoms with Crippen LogP contribution in [0, 0.1) is 0 Å². The zero-order chi connectivity index (χ0) is 21.3. The Morgan fingerprint density at radius 1 is 1.00 bits per heavy atom. The molecule has 2 aromatic rings. The van der Waals surface area contributed by atoms with E-state index in [1.165, 1.54) is 0 Å². The first-order valence-corrected chi connectivity index (χ1v) is 10.2. The van der Waals surface area contributed by atoms with E-state index in [1.54, 1.807) is 19.1 Å². The second-order valence-electron chi connectivity index (χ2n) is 7.23. The Balaban J connectivity index is 1.49. The number of nitrogens with one attached hydrogen (secondary N) is 2. The molecular formula is C23H29N3O4. The molecule has 1 aliphatic rings. The number of benzene rings is 2. The fraction of sp³-hybridized carbons (Fsp3) is 0.391. The highest BCUT2D eigenvalue weighted by Crippen LogP contribution is 2.27. The van der Waals surface area contributed by atoms with Crippen LogP contribution in [-0.2, 0) is 17.8 Å². The Kier molecular flexibility index (Phi) is 7.54. The van der Waals surface area contributed by atoms with Crippen LogP contribution in [0.2, 0.25) is 0 Å². The van der Waals surface area contributed by atoms with Crippen LogP contribution in [0.4, 0.5) is 4.79 Å². The molecule has 1 fully saturated rings. The predicted octanol–water partition coefficient (Wildman–Crippen LogP) is 2.74. The van der Waals surface area contributed by atoms with E-state index < -0.39 is 6.04 Å². The molecule has 0 aliphatic carbocycles. The van der Waals surface area contributed by atoms with Crippen molar-refractivity contribution in [3.63, 3.8) is 0 Å². The van der Waals surface area contributed by atoms with Gasteiger partial charge in [0.2, 0.25) is 5.91 Å². The average Bonchev–Trinajstić information content (AvgIpc) is 3.28. The molecule has 3 rings (SSSR count). The summed E-state index contributed by atoms with van der Waals surface area (Å²) in [7, 11) is 3.20. The minimum Gasteiger partial charge on any atom is -0.493 e. The summed E-state index contributed by atoms with van der Waals surface area (Å²) in [6.07, 6.45) is 2.17. The smallest absolute Gasteiger partial charge is 0.318 e. The van der Waals surface area contributed by atoms with Gasteiger partial charge in [-0.1, -0.05) is 36.4 Å². The van der Waals surface area contributed by atoms with Gasteiger partial charge in [0, 0.05) is 19.6 Å². The van der Waals surface area contributed by atoms with Crippen molar-refractivity contribution in [3.05, 3.63) is 59.7 Å². The maximum atomic E-state index is 12.7. The summed E-state index contributed by atoms with van der Waals surface area (Å²) in [5.41, 5.74) is 2.07. The minimum atomic E-state index is -0.425. The van der Waals surface area contributed by atoms with Crippen LogP contribution in [0.15, 0.2) is 48.5 Å². The van der Waals surface area contributed by atoms with E-state index in [9.17, 15) is 9.59 Å². The largest absolute Gasteiger partial charge is 0.493 e. The summed E-state index contributed by atoms with van der Waals surface area (Å²) in [5.74, 6) is 1.23. The molecule has 0 aromatic heterocycles. The maximum Gasteiger partial charge on any atom is 0.318 e. The Morgan fingerprint density at radius 3 is 2.50 bits per heavy atom. The van der Waals surface area contributed by atoms with E-state index in [1.807, 2.05) is 48.5 Å². The van der Waals surface area contributed by atoms with E-state index in [4.69, 9.17) is 9.47 Å². The van der Waals surface area contributed by atoms with Gasteiger partial charge in [-0.25, -0.2) is 4.79 Å². The van der Waals surface area contributed by atoms with Gasteiger partial charge in [-0.05, 0) is 42.5 Å². The summed E-state index contributed by atoms with van der Waals surface area (Å²) in [6.45, 7) is 1.53. The van der Waals surface area contributed by atoms with E-state index in [0.29, 0.717) is 44.0 Å². The first kappa shape index (κ1) is 21.5. The lowest BCUT2D eigenvalue weighted by molar-refractivity contribution is -0.124. The van der Waals surface area contributed by atoms with E-state index in [-0.39, 0.29) is 11.9 Å². The molecule has 7 heteroatoms. The van der Waals surface area contributed by atoms with Gasteiger partial charge in [0.15, 0.2) is 11.5 Å². The number of carbonyl (C=O) groups excluding carboxylic acids is 2. The van der Waals surface area contributed by atoms with Gasteiger partial charge in [0.05, 0.1) is 14.2 Å². The monoisotopic (exact) mass is 411 g/mol. The summed E-state index contributed by atoms with van der Waals surface area (Å²) >= 11 is 0. The summed E-state index contributed by atoms with van der Waals surface area (Å²) in [6, 6.07) is 14.8. The number of urea groups is 1. The normalized spacial score (nSPS) is 15.5. The van der Waals surface area contributed by atoms with Crippen molar-refractivity contribution >= 4 is 11.9 Å². The molecule has 0 unspecified atom stereocenters. The first-order valence-electron chi connectivity index (χ1n) is 10.2. The summed E-state index contributed by atoms with van der Waals surface area (Å²) in [4.78, 5) is 26.9. The average molecular weight is 412 g/mol. The van der Waals surface area contributed by atoms with Crippen LogP contribution < -0.4 is 20.1 Å². The van der Waals surface area contributed by atoms with Crippen LogP contribution >= 0.6 is 0 Å². The van der Waals surface area contributed by atoms with Gasteiger partial charge < -0.3 is 25.0 Å². The molecule has 7 nitrogen and oxygen atoms in total.